The first-order chi connectivity index (χ1) is 14.9. The van der Waals surface area contributed by atoms with Gasteiger partial charge in [0.15, 0.2) is 0 Å². The molecule has 3 aromatic rings. The average Bonchev–Trinajstić information content (AvgIpc) is 3.02. The fourth-order valence-electron chi connectivity index (χ4n) is 5.19. The summed E-state index contributed by atoms with van der Waals surface area (Å²) in [5.74, 6) is 1.28. The van der Waals surface area contributed by atoms with E-state index in [4.69, 9.17) is 33.9 Å². The molecular weight excluding hydrogens is 431 g/mol. The number of rotatable bonds is 2. The fourth-order valence-corrected chi connectivity index (χ4v) is 5.57. The Kier molecular flexibility index (Phi) is 5.08. The van der Waals surface area contributed by atoms with Crippen molar-refractivity contribution >= 4 is 29.0 Å². The maximum Gasteiger partial charge on any atom is 0.260 e. The molecule has 1 atom stereocenters. The molecule has 2 aliphatic rings. The molecule has 0 unspecified atom stereocenters. The number of piperidine rings is 1. The van der Waals surface area contributed by atoms with Crippen LogP contribution >= 0.6 is 23.2 Å². The van der Waals surface area contributed by atoms with Gasteiger partial charge in [0, 0.05) is 25.2 Å². The molecule has 1 aromatic heterocycles. The van der Waals surface area contributed by atoms with E-state index in [0.29, 0.717) is 27.4 Å². The van der Waals surface area contributed by atoms with Crippen LogP contribution in [0.5, 0.6) is 0 Å². The number of nitrogens with zero attached hydrogens (tertiary/aromatic N) is 3. The summed E-state index contributed by atoms with van der Waals surface area (Å²) >= 11 is 12.5. The molecule has 7 heteroatoms. The van der Waals surface area contributed by atoms with Crippen molar-refractivity contribution < 1.29 is 0 Å². The molecule has 1 aliphatic carbocycles. The number of halogens is 2. The molecule has 0 amide bonds. The predicted octanol–water partition coefficient (Wildman–Crippen LogP) is 4.69. The lowest BCUT2D eigenvalue weighted by molar-refractivity contribution is 0.187. The minimum atomic E-state index is -0.170. The van der Waals surface area contributed by atoms with E-state index in [0.717, 1.165) is 32.4 Å². The first-order valence-corrected chi connectivity index (χ1v) is 11.3. The zero-order chi connectivity index (χ0) is 21.8. The van der Waals surface area contributed by atoms with Crippen LogP contribution in [0.3, 0.4) is 0 Å². The third-order valence-corrected chi connectivity index (χ3v) is 7.73. The third-order valence-electron chi connectivity index (χ3n) is 6.92. The van der Waals surface area contributed by atoms with Crippen LogP contribution in [0.25, 0.3) is 5.69 Å². The minimum absolute atomic E-state index is 0.0681. The minimum Gasteiger partial charge on any atom is -0.356 e. The van der Waals surface area contributed by atoms with Crippen LogP contribution in [0.2, 0.25) is 10.0 Å². The van der Waals surface area contributed by atoms with Gasteiger partial charge >= 0.3 is 0 Å². The van der Waals surface area contributed by atoms with E-state index in [9.17, 15) is 4.79 Å². The number of hydrogen-bond acceptors (Lipinski definition) is 4. The van der Waals surface area contributed by atoms with Gasteiger partial charge in [-0.15, -0.1) is 0 Å². The summed E-state index contributed by atoms with van der Waals surface area (Å²) in [4.78, 5) is 19.9. The van der Waals surface area contributed by atoms with E-state index in [1.807, 2.05) is 6.92 Å². The van der Waals surface area contributed by atoms with E-state index in [1.165, 1.54) is 15.7 Å². The van der Waals surface area contributed by atoms with E-state index in [-0.39, 0.29) is 17.0 Å². The highest BCUT2D eigenvalue weighted by Crippen LogP contribution is 2.50. The largest absolute Gasteiger partial charge is 0.356 e. The van der Waals surface area contributed by atoms with Crippen molar-refractivity contribution in [2.75, 3.05) is 18.0 Å². The van der Waals surface area contributed by atoms with Crippen LogP contribution < -0.4 is 16.2 Å². The molecule has 31 heavy (non-hydrogen) atoms. The summed E-state index contributed by atoms with van der Waals surface area (Å²) in [5, 5.41) is 0.753. The summed E-state index contributed by atoms with van der Waals surface area (Å²) in [5.41, 5.74) is 9.82. The lowest BCUT2D eigenvalue weighted by Gasteiger charge is -2.42. The maximum atomic E-state index is 13.0. The average molecular weight is 455 g/mol. The van der Waals surface area contributed by atoms with Crippen LogP contribution in [0, 0.1) is 12.3 Å². The number of nitrogens with two attached hydrogens (primary N) is 1. The normalized spacial score (nSPS) is 19.6. The molecule has 0 saturated carbocycles. The Labute approximate surface area is 191 Å². The maximum absolute atomic E-state index is 13.0. The van der Waals surface area contributed by atoms with Gasteiger partial charge in [-0.25, -0.2) is 4.98 Å². The SMILES string of the molecule is Cc1nc(N2CCC3(CC2)Cc2ccccc2[C@@H]3N)cc(=O)n1-c1cccc(Cl)c1Cl. The van der Waals surface area contributed by atoms with Crippen molar-refractivity contribution in [2.24, 2.45) is 11.1 Å². The zero-order valence-corrected chi connectivity index (χ0v) is 18.8. The highest BCUT2D eigenvalue weighted by molar-refractivity contribution is 6.43. The monoisotopic (exact) mass is 454 g/mol. The molecule has 1 spiro atoms. The van der Waals surface area contributed by atoms with Gasteiger partial charge in [0.1, 0.15) is 11.6 Å². The van der Waals surface area contributed by atoms with Gasteiger partial charge in [-0.3, -0.25) is 9.36 Å². The Bertz CT molecular complexity index is 1210. The molecule has 2 heterocycles. The van der Waals surface area contributed by atoms with Crippen molar-refractivity contribution in [3.05, 3.63) is 85.9 Å². The van der Waals surface area contributed by atoms with E-state index < -0.39 is 0 Å². The topological polar surface area (TPSA) is 64.2 Å². The fraction of sp³-hybridized carbons (Fsp3) is 0.333. The number of hydrogen-bond donors (Lipinski definition) is 1. The molecule has 0 radical (unpaired) electrons. The molecule has 2 aromatic carbocycles. The first kappa shape index (κ1) is 20.6. The van der Waals surface area contributed by atoms with Crippen molar-refractivity contribution in [1.29, 1.82) is 0 Å². The Morgan fingerprint density at radius 2 is 1.84 bits per heavy atom. The predicted molar refractivity (Wildman–Crippen MR) is 126 cm³/mol. The quantitative estimate of drug-likeness (QED) is 0.609. The summed E-state index contributed by atoms with van der Waals surface area (Å²) in [7, 11) is 0. The van der Waals surface area contributed by atoms with Gasteiger partial charge in [-0.05, 0) is 54.9 Å². The number of anilines is 1. The first-order valence-electron chi connectivity index (χ1n) is 10.5. The van der Waals surface area contributed by atoms with E-state index in [2.05, 4.69) is 29.2 Å². The lowest BCUT2D eigenvalue weighted by Crippen LogP contribution is -2.45. The molecule has 0 bridgehead atoms. The van der Waals surface area contributed by atoms with Gasteiger partial charge < -0.3 is 10.6 Å². The van der Waals surface area contributed by atoms with Crippen LogP contribution in [0.1, 0.15) is 35.8 Å². The zero-order valence-electron chi connectivity index (χ0n) is 17.3. The summed E-state index contributed by atoms with van der Waals surface area (Å²) in [6, 6.07) is 15.4. The number of benzene rings is 2. The molecule has 160 valence electrons. The van der Waals surface area contributed by atoms with Crippen LogP contribution in [-0.2, 0) is 6.42 Å². The second-order valence-electron chi connectivity index (χ2n) is 8.61. The van der Waals surface area contributed by atoms with Gasteiger partial charge in [0.25, 0.3) is 5.56 Å². The smallest absolute Gasteiger partial charge is 0.260 e. The highest BCUT2D eigenvalue weighted by Gasteiger charge is 2.45. The van der Waals surface area contributed by atoms with Crippen LogP contribution in [0.4, 0.5) is 5.82 Å². The summed E-state index contributed by atoms with van der Waals surface area (Å²) in [6.07, 6.45) is 2.99. The Hall–Kier alpha value is -2.34. The Balaban J connectivity index is 1.40. The Morgan fingerprint density at radius 3 is 2.55 bits per heavy atom. The van der Waals surface area contributed by atoms with Crippen LogP contribution in [-0.4, -0.2) is 22.6 Å². The third kappa shape index (κ3) is 3.36. The van der Waals surface area contributed by atoms with Crippen LogP contribution in [0.15, 0.2) is 53.3 Å². The van der Waals surface area contributed by atoms with Crippen molar-refractivity contribution in [2.45, 2.75) is 32.2 Å². The summed E-state index contributed by atoms with van der Waals surface area (Å²) in [6.45, 7) is 3.47. The van der Waals surface area contributed by atoms with E-state index >= 15 is 0 Å². The highest BCUT2D eigenvalue weighted by atomic mass is 35.5. The standard InChI is InChI=1S/C24H24Cl2N4O/c1-15-28-20(13-21(31)30(15)19-8-4-7-18(25)22(19)26)29-11-9-24(10-12-29)14-16-5-2-3-6-17(16)23(24)27/h2-8,13,23H,9-12,14,27H2,1H3/t23-/m0/s1. The molecule has 5 rings (SSSR count). The summed E-state index contributed by atoms with van der Waals surface area (Å²) < 4.78 is 1.51. The second kappa shape index (κ2) is 7.66. The van der Waals surface area contributed by atoms with Gasteiger partial charge in [-0.1, -0.05) is 53.5 Å². The van der Waals surface area contributed by atoms with E-state index in [1.54, 1.807) is 24.3 Å². The lowest BCUT2D eigenvalue weighted by atomic mass is 9.73. The molecule has 2 N–H and O–H groups in total. The number of fused-ring (bicyclic) bond motifs is 1. The van der Waals surface area contributed by atoms with Gasteiger partial charge in [0.05, 0.1) is 15.7 Å². The second-order valence-corrected chi connectivity index (χ2v) is 9.40. The molecule has 1 aliphatic heterocycles. The molecular formula is C24H24Cl2N4O. The Morgan fingerprint density at radius 1 is 1.10 bits per heavy atom. The molecule has 1 saturated heterocycles. The number of aryl methyl sites for hydroxylation is 1. The molecule has 5 nitrogen and oxygen atoms in total. The van der Waals surface area contributed by atoms with Gasteiger partial charge in [0.2, 0.25) is 0 Å². The van der Waals surface area contributed by atoms with Crippen molar-refractivity contribution in [3.8, 4) is 5.69 Å². The number of aromatic nitrogens is 2. The van der Waals surface area contributed by atoms with Crippen molar-refractivity contribution in [3.63, 3.8) is 0 Å². The van der Waals surface area contributed by atoms with Gasteiger partial charge in [-0.2, -0.15) is 0 Å². The van der Waals surface area contributed by atoms with Crippen molar-refractivity contribution in [1.82, 2.24) is 9.55 Å². The molecule has 1 fully saturated rings.